The molecule has 26 heavy (non-hydrogen) atoms. The predicted octanol–water partition coefficient (Wildman–Crippen LogP) is 3.62. The number of aromatic nitrogens is 2. The highest BCUT2D eigenvalue weighted by atomic mass is 32.1. The average molecular weight is 388 g/mol. The fourth-order valence-electron chi connectivity index (χ4n) is 3.51. The number of hydrogen-bond donors (Lipinski definition) is 0. The molecule has 0 unspecified atom stereocenters. The van der Waals surface area contributed by atoms with Gasteiger partial charge in [-0.1, -0.05) is 23.5 Å². The van der Waals surface area contributed by atoms with Crippen molar-refractivity contribution in [2.75, 3.05) is 13.1 Å². The molecule has 7 heteroatoms. The zero-order valence-corrected chi connectivity index (χ0v) is 16.3. The number of hydrogen-bond acceptors (Lipinski definition) is 5. The summed E-state index contributed by atoms with van der Waals surface area (Å²) < 4.78 is 2.90. The molecule has 0 aliphatic carbocycles. The highest BCUT2D eigenvalue weighted by Gasteiger charge is 2.26. The van der Waals surface area contributed by atoms with Gasteiger partial charge >= 0.3 is 4.87 Å². The topological polar surface area (TPSA) is 55.2 Å². The van der Waals surface area contributed by atoms with Crippen LogP contribution >= 0.6 is 22.7 Å². The van der Waals surface area contributed by atoms with E-state index in [4.69, 9.17) is 4.98 Å². The summed E-state index contributed by atoms with van der Waals surface area (Å²) in [5.74, 6) is 0.448. The zero-order valence-electron chi connectivity index (χ0n) is 14.7. The molecule has 0 saturated carbocycles. The molecule has 0 bridgehead atoms. The van der Waals surface area contributed by atoms with Crippen LogP contribution < -0.4 is 4.87 Å². The first kappa shape index (κ1) is 17.4. The molecule has 136 valence electrons. The van der Waals surface area contributed by atoms with Crippen molar-refractivity contribution in [1.29, 1.82) is 0 Å². The molecule has 1 fully saturated rings. The highest BCUT2D eigenvalue weighted by molar-refractivity contribution is 7.18. The van der Waals surface area contributed by atoms with E-state index in [2.05, 4.69) is 6.07 Å². The minimum Gasteiger partial charge on any atom is -0.342 e. The summed E-state index contributed by atoms with van der Waals surface area (Å²) in [6, 6.07) is 8.19. The molecule has 1 amide bonds. The summed E-state index contributed by atoms with van der Waals surface area (Å²) in [6.07, 6.45) is 2.46. The second kappa shape index (κ2) is 7.32. The zero-order chi connectivity index (χ0) is 18.1. The third kappa shape index (κ3) is 3.46. The van der Waals surface area contributed by atoms with E-state index in [9.17, 15) is 9.59 Å². The smallest absolute Gasteiger partial charge is 0.307 e. The third-order valence-corrected chi connectivity index (χ3v) is 7.04. The monoisotopic (exact) mass is 387 g/mol. The van der Waals surface area contributed by atoms with Gasteiger partial charge in [0.25, 0.3) is 0 Å². The molecular weight excluding hydrogens is 366 g/mol. The first-order chi connectivity index (χ1) is 12.6. The van der Waals surface area contributed by atoms with Gasteiger partial charge in [-0.2, -0.15) is 0 Å². The maximum absolute atomic E-state index is 12.7. The summed E-state index contributed by atoms with van der Waals surface area (Å²) in [5, 5.41) is 2.98. The van der Waals surface area contributed by atoms with Gasteiger partial charge in [0.2, 0.25) is 5.91 Å². The molecule has 0 N–H and O–H groups in total. The van der Waals surface area contributed by atoms with Gasteiger partial charge in [0, 0.05) is 43.0 Å². The molecule has 3 heterocycles. The van der Waals surface area contributed by atoms with Gasteiger partial charge in [-0.3, -0.25) is 9.59 Å². The van der Waals surface area contributed by atoms with E-state index >= 15 is 0 Å². The first-order valence-electron chi connectivity index (χ1n) is 8.90. The third-order valence-electron chi connectivity index (χ3n) is 4.96. The van der Waals surface area contributed by atoms with E-state index in [0.717, 1.165) is 42.1 Å². The molecule has 1 saturated heterocycles. The molecule has 3 aromatic rings. The normalized spacial score (nSPS) is 17.7. The second-order valence-electron chi connectivity index (χ2n) is 6.74. The Labute approximate surface area is 159 Å². The summed E-state index contributed by atoms with van der Waals surface area (Å²) in [5.41, 5.74) is 1.97. The van der Waals surface area contributed by atoms with E-state index in [1.165, 1.54) is 16.0 Å². The fourth-order valence-corrected chi connectivity index (χ4v) is 5.36. The van der Waals surface area contributed by atoms with E-state index in [0.29, 0.717) is 18.9 Å². The van der Waals surface area contributed by atoms with Gasteiger partial charge in [0.15, 0.2) is 0 Å². The van der Waals surface area contributed by atoms with Gasteiger partial charge in [-0.15, -0.1) is 11.3 Å². The standard InChI is InChI=1S/C19H21N3O2S2/c1-13-12-25-19(24)22(13)10-8-17(23)21-9-4-5-14(11-21)18-20-15-6-2-3-7-16(15)26-18/h2-3,6-7,12,14H,4-5,8-11H2,1H3/t14-/m0/s1. The molecule has 0 radical (unpaired) electrons. The quantitative estimate of drug-likeness (QED) is 0.687. The lowest BCUT2D eigenvalue weighted by Crippen LogP contribution is -2.39. The molecule has 1 atom stereocenters. The summed E-state index contributed by atoms with van der Waals surface area (Å²) in [6.45, 7) is 3.91. The van der Waals surface area contributed by atoms with Crippen molar-refractivity contribution < 1.29 is 4.79 Å². The second-order valence-corrected chi connectivity index (χ2v) is 8.63. The number of rotatable bonds is 4. The van der Waals surface area contributed by atoms with Crippen LogP contribution in [0.3, 0.4) is 0 Å². The fraction of sp³-hybridized carbons (Fsp3) is 0.421. The van der Waals surface area contributed by atoms with Gasteiger partial charge in [-0.25, -0.2) is 4.98 Å². The number of carbonyl (C=O) groups excluding carboxylic acids is 1. The number of likely N-dealkylation sites (tertiary alicyclic amines) is 1. The van der Waals surface area contributed by atoms with E-state index in [1.807, 2.05) is 35.4 Å². The van der Waals surface area contributed by atoms with Crippen molar-refractivity contribution in [2.45, 2.75) is 38.6 Å². The first-order valence-corrected chi connectivity index (χ1v) is 10.6. The molecule has 1 aliphatic rings. The Bertz CT molecular complexity index is 955. The lowest BCUT2D eigenvalue weighted by Gasteiger charge is -2.32. The van der Waals surface area contributed by atoms with Crippen LogP contribution in [0, 0.1) is 6.92 Å². The van der Waals surface area contributed by atoms with Crippen LogP contribution in [0.5, 0.6) is 0 Å². The van der Waals surface area contributed by atoms with Crippen molar-refractivity contribution >= 4 is 38.8 Å². The van der Waals surface area contributed by atoms with Gasteiger partial charge < -0.3 is 9.47 Å². The molecular formula is C19H21N3O2S2. The van der Waals surface area contributed by atoms with Crippen LogP contribution in [0.15, 0.2) is 34.4 Å². The summed E-state index contributed by atoms with van der Waals surface area (Å²) in [7, 11) is 0. The van der Waals surface area contributed by atoms with Crippen LogP contribution in [0.1, 0.15) is 35.9 Å². The Kier molecular flexibility index (Phi) is 4.91. The molecule has 1 aliphatic heterocycles. The molecule has 5 nitrogen and oxygen atoms in total. The number of nitrogens with zero attached hydrogens (tertiary/aromatic N) is 3. The van der Waals surface area contributed by atoms with Crippen molar-refractivity contribution in [1.82, 2.24) is 14.5 Å². The Morgan fingerprint density at radius 1 is 1.35 bits per heavy atom. The Morgan fingerprint density at radius 2 is 2.19 bits per heavy atom. The Morgan fingerprint density at radius 3 is 2.96 bits per heavy atom. The SMILES string of the molecule is Cc1csc(=O)n1CCC(=O)N1CCC[C@H](c2nc3ccccc3s2)C1. The van der Waals surface area contributed by atoms with Crippen molar-refractivity contribution in [3.8, 4) is 0 Å². The van der Waals surface area contributed by atoms with Crippen LogP contribution in [0.25, 0.3) is 10.2 Å². The minimum absolute atomic E-state index is 0.0151. The number of aryl methyl sites for hydroxylation is 1. The van der Waals surface area contributed by atoms with E-state index in [1.54, 1.807) is 15.9 Å². The number of carbonyl (C=O) groups is 1. The number of piperidine rings is 1. The highest BCUT2D eigenvalue weighted by Crippen LogP contribution is 2.33. The van der Waals surface area contributed by atoms with Crippen molar-refractivity contribution in [2.24, 2.45) is 0 Å². The van der Waals surface area contributed by atoms with Crippen molar-refractivity contribution in [3.63, 3.8) is 0 Å². The summed E-state index contributed by atoms with van der Waals surface area (Å²) >= 11 is 2.93. The molecule has 4 rings (SSSR count). The molecule has 1 aromatic carbocycles. The van der Waals surface area contributed by atoms with Crippen LogP contribution in [0.4, 0.5) is 0 Å². The number of amides is 1. The number of benzene rings is 1. The Hall–Kier alpha value is -1.99. The van der Waals surface area contributed by atoms with Gasteiger partial charge in [0.1, 0.15) is 0 Å². The van der Waals surface area contributed by atoms with Crippen molar-refractivity contribution in [3.05, 3.63) is 50.0 Å². The summed E-state index contributed by atoms with van der Waals surface area (Å²) in [4.78, 5) is 31.2. The van der Waals surface area contributed by atoms with Gasteiger partial charge in [0.05, 0.1) is 15.2 Å². The largest absolute Gasteiger partial charge is 0.342 e. The van der Waals surface area contributed by atoms with Crippen LogP contribution in [-0.4, -0.2) is 33.4 Å². The maximum Gasteiger partial charge on any atom is 0.307 e. The number of fused-ring (bicyclic) bond motifs is 1. The lowest BCUT2D eigenvalue weighted by atomic mass is 9.98. The lowest BCUT2D eigenvalue weighted by molar-refractivity contribution is -0.132. The van der Waals surface area contributed by atoms with Crippen LogP contribution in [0.2, 0.25) is 0 Å². The number of thiazole rings is 2. The van der Waals surface area contributed by atoms with E-state index < -0.39 is 0 Å². The van der Waals surface area contributed by atoms with E-state index in [-0.39, 0.29) is 10.8 Å². The maximum atomic E-state index is 12.7. The minimum atomic E-state index is 0.0151. The predicted molar refractivity (Wildman–Crippen MR) is 106 cm³/mol. The van der Waals surface area contributed by atoms with Gasteiger partial charge in [-0.05, 0) is 31.9 Å². The van der Waals surface area contributed by atoms with Crippen LogP contribution in [-0.2, 0) is 11.3 Å². The average Bonchev–Trinajstić information content (AvgIpc) is 3.23. The number of para-hydroxylation sites is 1. The molecule has 2 aromatic heterocycles. The molecule has 0 spiro atoms. The Balaban J connectivity index is 1.42.